The van der Waals surface area contributed by atoms with Crippen LogP contribution in [0, 0.1) is 5.92 Å². The smallest absolute Gasteiger partial charge is 0.291 e. The zero-order valence-electron chi connectivity index (χ0n) is 9.53. The maximum absolute atomic E-state index is 12.0. The third kappa shape index (κ3) is 2.55. The van der Waals surface area contributed by atoms with Crippen molar-refractivity contribution in [1.29, 1.82) is 0 Å². The molecule has 0 spiro atoms. The molecule has 0 radical (unpaired) electrons. The normalized spacial score (nSPS) is 15.5. The Labute approximate surface area is 99.6 Å². The van der Waals surface area contributed by atoms with Crippen LogP contribution in [0.25, 0.3) is 0 Å². The van der Waals surface area contributed by atoms with Gasteiger partial charge in [0.15, 0.2) is 0 Å². The maximum Gasteiger partial charge on any atom is 0.291 e. The molecule has 88 valence electrons. The third-order valence-electron chi connectivity index (χ3n) is 2.56. The summed E-state index contributed by atoms with van der Waals surface area (Å²) in [5.41, 5.74) is 0.348. The lowest BCUT2D eigenvalue weighted by molar-refractivity contribution is 0.534. The van der Waals surface area contributed by atoms with Gasteiger partial charge >= 0.3 is 0 Å². The fourth-order valence-electron chi connectivity index (χ4n) is 1.56. The molecule has 1 aliphatic rings. The Hall–Kier alpha value is -1.03. The van der Waals surface area contributed by atoms with Gasteiger partial charge in [0.2, 0.25) is 0 Å². The van der Waals surface area contributed by atoms with E-state index in [0.717, 1.165) is 0 Å². The van der Waals surface area contributed by atoms with Crippen LogP contribution >= 0.6 is 11.6 Å². The van der Waals surface area contributed by atoms with E-state index in [1.54, 1.807) is 0 Å². The minimum Gasteiger partial charge on any atom is -0.377 e. The lowest BCUT2D eigenvalue weighted by Crippen LogP contribution is -2.28. The number of hydrogen-bond donors (Lipinski definition) is 1. The van der Waals surface area contributed by atoms with E-state index in [4.69, 9.17) is 11.6 Å². The van der Waals surface area contributed by atoms with Crippen molar-refractivity contribution in [2.24, 2.45) is 5.92 Å². The largest absolute Gasteiger partial charge is 0.377 e. The first-order valence-corrected chi connectivity index (χ1v) is 5.98. The first-order chi connectivity index (χ1) is 7.58. The van der Waals surface area contributed by atoms with E-state index in [1.807, 2.05) is 13.8 Å². The van der Waals surface area contributed by atoms with Crippen molar-refractivity contribution in [2.45, 2.75) is 39.3 Å². The lowest BCUT2D eigenvalue weighted by atomic mass is 10.3. The second-order valence-corrected chi connectivity index (χ2v) is 5.00. The van der Waals surface area contributed by atoms with Crippen molar-refractivity contribution in [2.75, 3.05) is 5.32 Å². The third-order valence-corrected chi connectivity index (χ3v) is 2.85. The van der Waals surface area contributed by atoms with Crippen LogP contribution in [0.1, 0.15) is 26.7 Å². The molecule has 1 aromatic heterocycles. The SMILES string of the molecule is CC(C)Nc1c(Cl)cnn(CC2CC2)c1=O. The minimum absolute atomic E-state index is 0.117. The molecule has 1 N–H and O–H groups in total. The van der Waals surface area contributed by atoms with Crippen LogP contribution in [0.2, 0.25) is 5.02 Å². The number of anilines is 1. The summed E-state index contributed by atoms with van der Waals surface area (Å²) in [6.45, 7) is 4.66. The fraction of sp³-hybridized carbons (Fsp3) is 0.636. The van der Waals surface area contributed by atoms with Crippen LogP contribution in [-0.2, 0) is 6.54 Å². The van der Waals surface area contributed by atoms with Gasteiger partial charge in [-0.25, -0.2) is 4.68 Å². The zero-order valence-corrected chi connectivity index (χ0v) is 10.3. The van der Waals surface area contributed by atoms with Crippen molar-refractivity contribution >= 4 is 17.3 Å². The van der Waals surface area contributed by atoms with Gasteiger partial charge in [0.25, 0.3) is 5.56 Å². The molecule has 0 saturated heterocycles. The van der Waals surface area contributed by atoms with E-state index in [0.29, 0.717) is 23.2 Å². The van der Waals surface area contributed by atoms with Gasteiger partial charge in [-0.3, -0.25) is 4.79 Å². The number of nitrogens with one attached hydrogen (secondary N) is 1. The van der Waals surface area contributed by atoms with Crippen molar-refractivity contribution < 1.29 is 0 Å². The van der Waals surface area contributed by atoms with Gasteiger partial charge in [-0.1, -0.05) is 11.6 Å². The summed E-state index contributed by atoms with van der Waals surface area (Å²) >= 11 is 5.96. The fourth-order valence-corrected chi connectivity index (χ4v) is 1.74. The summed E-state index contributed by atoms with van der Waals surface area (Å²) in [4.78, 5) is 12.0. The highest BCUT2D eigenvalue weighted by Gasteiger charge is 2.23. The number of halogens is 1. The van der Waals surface area contributed by atoms with Gasteiger partial charge in [-0.15, -0.1) is 0 Å². The molecule has 0 unspecified atom stereocenters. The Bertz CT molecular complexity index is 437. The van der Waals surface area contributed by atoms with Crippen molar-refractivity contribution in [3.8, 4) is 0 Å². The molecule has 0 aliphatic heterocycles. The highest BCUT2D eigenvalue weighted by Crippen LogP contribution is 2.30. The van der Waals surface area contributed by atoms with Gasteiger partial charge in [-0.05, 0) is 32.6 Å². The molecule has 0 bridgehead atoms. The molecule has 4 nitrogen and oxygen atoms in total. The summed E-state index contributed by atoms with van der Waals surface area (Å²) in [5, 5.41) is 7.52. The molecule has 1 heterocycles. The monoisotopic (exact) mass is 241 g/mol. The zero-order chi connectivity index (χ0) is 11.7. The van der Waals surface area contributed by atoms with E-state index >= 15 is 0 Å². The molecular weight excluding hydrogens is 226 g/mol. The first-order valence-electron chi connectivity index (χ1n) is 5.60. The summed E-state index contributed by atoms with van der Waals surface area (Å²) in [7, 11) is 0. The average Bonchev–Trinajstić information content (AvgIpc) is 3.00. The molecular formula is C11H16ClN3O. The van der Waals surface area contributed by atoms with Crippen LogP contribution in [0.3, 0.4) is 0 Å². The van der Waals surface area contributed by atoms with E-state index < -0.39 is 0 Å². The Balaban J connectivity index is 2.29. The van der Waals surface area contributed by atoms with E-state index in [1.165, 1.54) is 23.7 Å². The molecule has 2 rings (SSSR count). The van der Waals surface area contributed by atoms with Crippen molar-refractivity contribution in [3.63, 3.8) is 0 Å². The molecule has 1 fully saturated rings. The maximum atomic E-state index is 12.0. The van der Waals surface area contributed by atoms with Gasteiger partial charge in [0.05, 0.1) is 11.2 Å². The first kappa shape index (κ1) is 11.5. The summed E-state index contributed by atoms with van der Waals surface area (Å²) in [6, 6.07) is 0.182. The Morgan fingerprint density at radius 3 is 2.88 bits per heavy atom. The van der Waals surface area contributed by atoms with Crippen LogP contribution < -0.4 is 10.9 Å². The van der Waals surface area contributed by atoms with Gasteiger partial charge < -0.3 is 5.32 Å². The second kappa shape index (κ2) is 4.45. The topological polar surface area (TPSA) is 46.9 Å². The van der Waals surface area contributed by atoms with E-state index in [-0.39, 0.29) is 11.6 Å². The highest BCUT2D eigenvalue weighted by molar-refractivity contribution is 6.33. The molecule has 5 heteroatoms. The summed E-state index contributed by atoms with van der Waals surface area (Å²) < 4.78 is 1.51. The van der Waals surface area contributed by atoms with Crippen molar-refractivity contribution in [3.05, 3.63) is 21.6 Å². The Morgan fingerprint density at radius 1 is 1.62 bits per heavy atom. The lowest BCUT2D eigenvalue weighted by Gasteiger charge is -2.12. The van der Waals surface area contributed by atoms with E-state index in [9.17, 15) is 4.79 Å². The van der Waals surface area contributed by atoms with Crippen molar-refractivity contribution in [1.82, 2.24) is 9.78 Å². The summed E-state index contributed by atoms with van der Waals surface area (Å²) in [5.74, 6) is 0.623. The predicted octanol–water partition coefficient (Wildman–Crippen LogP) is 2.13. The molecule has 1 saturated carbocycles. The minimum atomic E-state index is -0.117. The Morgan fingerprint density at radius 2 is 2.31 bits per heavy atom. The molecule has 0 amide bonds. The number of rotatable bonds is 4. The molecule has 1 aliphatic carbocycles. The molecule has 16 heavy (non-hydrogen) atoms. The van der Waals surface area contributed by atoms with Crippen LogP contribution in [-0.4, -0.2) is 15.8 Å². The molecule has 1 aromatic rings. The molecule has 0 aromatic carbocycles. The quantitative estimate of drug-likeness (QED) is 0.879. The second-order valence-electron chi connectivity index (χ2n) is 4.60. The standard InChI is InChI=1S/C11H16ClN3O/c1-7(2)14-10-9(12)5-13-15(11(10)16)6-8-3-4-8/h5,7-8,14H,3-4,6H2,1-2H3. The van der Waals surface area contributed by atoms with Gasteiger partial charge in [-0.2, -0.15) is 5.10 Å². The van der Waals surface area contributed by atoms with E-state index in [2.05, 4.69) is 10.4 Å². The van der Waals surface area contributed by atoms with Crippen LogP contribution in [0.4, 0.5) is 5.69 Å². The van der Waals surface area contributed by atoms with Gasteiger partial charge in [0, 0.05) is 12.6 Å². The molecule has 0 atom stereocenters. The Kier molecular flexibility index (Phi) is 3.19. The highest BCUT2D eigenvalue weighted by atomic mass is 35.5. The van der Waals surface area contributed by atoms with Gasteiger partial charge in [0.1, 0.15) is 5.69 Å². The number of hydrogen-bond acceptors (Lipinski definition) is 3. The number of aromatic nitrogens is 2. The number of nitrogens with zero attached hydrogens (tertiary/aromatic N) is 2. The van der Waals surface area contributed by atoms with Crippen LogP contribution in [0.5, 0.6) is 0 Å². The average molecular weight is 242 g/mol. The predicted molar refractivity (Wildman–Crippen MR) is 65.0 cm³/mol. The summed E-state index contributed by atoms with van der Waals surface area (Å²) in [6.07, 6.45) is 3.93. The van der Waals surface area contributed by atoms with Crippen LogP contribution in [0.15, 0.2) is 11.0 Å².